The van der Waals surface area contributed by atoms with Gasteiger partial charge in [0, 0.05) is 6.20 Å². The Morgan fingerprint density at radius 1 is 1.28 bits per heavy atom. The second-order valence-corrected chi connectivity index (χ2v) is 4.65. The number of hydrazine groups is 1. The maximum atomic E-state index is 13.5. The Morgan fingerprint density at radius 2 is 2.00 bits per heavy atom. The Morgan fingerprint density at radius 3 is 2.67 bits per heavy atom. The topological polar surface area (TPSA) is 50.9 Å². The minimum Gasteiger partial charge on any atom is -0.271 e. The van der Waals surface area contributed by atoms with Gasteiger partial charge >= 0.3 is 0 Å². The first-order chi connectivity index (χ1) is 8.79. The maximum Gasteiger partial charge on any atom is 0.146 e. The summed E-state index contributed by atoms with van der Waals surface area (Å²) in [5, 5.41) is 0. The van der Waals surface area contributed by atoms with Crippen LogP contribution in [-0.4, -0.2) is 4.98 Å². The van der Waals surface area contributed by atoms with E-state index in [2.05, 4.69) is 17.3 Å². The average molecular weight is 253 g/mol. The summed E-state index contributed by atoms with van der Waals surface area (Å²) in [6.07, 6.45) is 9.74. The van der Waals surface area contributed by atoms with Crippen molar-refractivity contribution < 1.29 is 4.39 Å². The normalized spacial score (nSPS) is 12.6. The lowest BCUT2D eigenvalue weighted by Gasteiger charge is -2.15. The number of unbranched alkanes of at least 4 members (excludes halogenated alkanes) is 5. The number of nitrogens with two attached hydrogens (primary N) is 1. The lowest BCUT2D eigenvalue weighted by molar-refractivity contribution is 0.446. The van der Waals surface area contributed by atoms with Crippen LogP contribution in [0.4, 0.5) is 4.39 Å². The van der Waals surface area contributed by atoms with Crippen molar-refractivity contribution >= 4 is 0 Å². The van der Waals surface area contributed by atoms with Crippen LogP contribution in [0.1, 0.15) is 63.6 Å². The lowest BCUT2D eigenvalue weighted by Crippen LogP contribution is -2.29. The molecule has 1 unspecified atom stereocenters. The van der Waals surface area contributed by atoms with E-state index in [0.717, 1.165) is 12.8 Å². The van der Waals surface area contributed by atoms with Crippen LogP contribution in [0.3, 0.4) is 0 Å². The summed E-state index contributed by atoms with van der Waals surface area (Å²) < 4.78 is 13.5. The quantitative estimate of drug-likeness (QED) is 0.402. The molecule has 1 atom stereocenters. The molecule has 0 aliphatic heterocycles. The summed E-state index contributed by atoms with van der Waals surface area (Å²) in [7, 11) is 0. The highest BCUT2D eigenvalue weighted by Gasteiger charge is 2.14. The van der Waals surface area contributed by atoms with Crippen molar-refractivity contribution in [3.8, 4) is 0 Å². The summed E-state index contributed by atoms with van der Waals surface area (Å²) in [4.78, 5) is 4.06. The molecular weight excluding hydrogens is 229 g/mol. The van der Waals surface area contributed by atoms with E-state index in [1.807, 2.05) is 0 Å². The minimum atomic E-state index is -0.286. The van der Waals surface area contributed by atoms with Gasteiger partial charge in [-0.2, -0.15) is 0 Å². The van der Waals surface area contributed by atoms with Gasteiger partial charge in [0.05, 0.1) is 11.7 Å². The molecule has 1 heterocycles. The molecule has 0 fully saturated rings. The van der Waals surface area contributed by atoms with E-state index in [1.54, 1.807) is 12.3 Å². The van der Waals surface area contributed by atoms with E-state index in [1.165, 1.54) is 38.2 Å². The number of nitrogens with zero attached hydrogens (tertiary/aromatic N) is 1. The molecular formula is C14H24FN3. The molecule has 0 radical (unpaired) electrons. The maximum absolute atomic E-state index is 13.5. The third-order valence-electron chi connectivity index (χ3n) is 3.16. The first-order valence-corrected chi connectivity index (χ1v) is 6.86. The fourth-order valence-corrected chi connectivity index (χ4v) is 2.08. The molecule has 3 nitrogen and oxygen atoms in total. The monoisotopic (exact) mass is 253 g/mol. The number of hydrogen-bond acceptors (Lipinski definition) is 3. The van der Waals surface area contributed by atoms with E-state index >= 15 is 0 Å². The van der Waals surface area contributed by atoms with Gasteiger partial charge in [0.25, 0.3) is 0 Å². The van der Waals surface area contributed by atoms with Gasteiger partial charge in [-0.25, -0.2) is 4.39 Å². The van der Waals surface area contributed by atoms with Crippen molar-refractivity contribution in [1.29, 1.82) is 0 Å². The molecule has 0 saturated carbocycles. The molecule has 0 aromatic carbocycles. The fourth-order valence-electron chi connectivity index (χ4n) is 2.08. The van der Waals surface area contributed by atoms with Crippen molar-refractivity contribution in [3.63, 3.8) is 0 Å². The molecule has 0 aliphatic carbocycles. The van der Waals surface area contributed by atoms with Crippen LogP contribution in [0.5, 0.6) is 0 Å². The summed E-state index contributed by atoms with van der Waals surface area (Å²) >= 11 is 0. The van der Waals surface area contributed by atoms with E-state index in [-0.39, 0.29) is 11.9 Å². The molecule has 4 heteroatoms. The first kappa shape index (κ1) is 15.1. The molecule has 1 aromatic heterocycles. The van der Waals surface area contributed by atoms with E-state index in [0.29, 0.717) is 5.69 Å². The van der Waals surface area contributed by atoms with Crippen LogP contribution in [0.25, 0.3) is 0 Å². The third-order valence-corrected chi connectivity index (χ3v) is 3.16. The number of aromatic nitrogens is 1. The van der Waals surface area contributed by atoms with Crippen molar-refractivity contribution in [2.75, 3.05) is 0 Å². The Bertz CT molecular complexity index is 331. The second kappa shape index (κ2) is 9.00. The van der Waals surface area contributed by atoms with Gasteiger partial charge in [0.1, 0.15) is 5.82 Å². The van der Waals surface area contributed by atoms with Crippen molar-refractivity contribution in [2.24, 2.45) is 5.84 Å². The number of halogens is 1. The standard InChI is InChI=1S/C14H24FN3/c1-2-3-4-5-6-7-10-13(18-16)14-12(15)9-8-11-17-14/h8-9,11,13,18H,2-7,10,16H2,1H3. The number of rotatable bonds is 9. The van der Waals surface area contributed by atoms with Gasteiger partial charge in [-0.05, 0) is 18.6 Å². The van der Waals surface area contributed by atoms with Gasteiger partial charge in [-0.1, -0.05) is 45.4 Å². The highest BCUT2D eigenvalue weighted by Crippen LogP contribution is 2.20. The zero-order valence-corrected chi connectivity index (χ0v) is 11.2. The Balaban J connectivity index is 2.32. The molecule has 0 saturated heterocycles. The SMILES string of the molecule is CCCCCCCCC(NN)c1ncccc1F. The molecule has 0 aliphatic rings. The molecule has 18 heavy (non-hydrogen) atoms. The Labute approximate surface area is 109 Å². The fraction of sp³-hybridized carbons (Fsp3) is 0.643. The van der Waals surface area contributed by atoms with Crippen molar-refractivity contribution in [1.82, 2.24) is 10.4 Å². The van der Waals surface area contributed by atoms with Gasteiger partial charge in [-0.15, -0.1) is 0 Å². The Kier molecular flexibility index (Phi) is 7.53. The van der Waals surface area contributed by atoms with Gasteiger partial charge in [0.15, 0.2) is 0 Å². The summed E-state index contributed by atoms with van der Waals surface area (Å²) in [5.74, 6) is 5.19. The first-order valence-electron chi connectivity index (χ1n) is 6.86. The van der Waals surface area contributed by atoms with Crippen molar-refractivity contribution in [2.45, 2.75) is 57.9 Å². The molecule has 0 spiro atoms. The van der Waals surface area contributed by atoms with E-state index < -0.39 is 0 Å². The smallest absolute Gasteiger partial charge is 0.146 e. The van der Waals surface area contributed by atoms with Crippen LogP contribution in [-0.2, 0) is 0 Å². The van der Waals surface area contributed by atoms with Gasteiger partial charge in [0.2, 0.25) is 0 Å². The minimum absolute atomic E-state index is 0.183. The number of nitrogens with one attached hydrogen (secondary N) is 1. The predicted molar refractivity (Wildman–Crippen MR) is 72.3 cm³/mol. The number of pyridine rings is 1. The zero-order chi connectivity index (χ0) is 13.2. The predicted octanol–water partition coefficient (Wildman–Crippen LogP) is 3.48. The molecule has 102 valence electrons. The largest absolute Gasteiger partial charge is 0.271 e. The van der Waals surface area contributed by atoms with Gasteiger partial charge < -0.3 is 0 Å². The number of hydrogen-bond donors (Lipinski definition) is 2. The summed E-state index contributed by atoms with van der Waals surface area (Å²) in [5.41, 5.74) is 3.08. The summed E-state index contributed by atoms with van der Waals surface area (Å²) in [6, 6.07) is 2.84. The highest BCUT2D eigenvalue weighted by atomic mass is 19.1. The lowest BCUT2D eigenvalue weighted by atomic mass is 10.0. The Hall–Kier alpha value is -1.00. The van der Waals surface area contributed by atoms with Crippen LogP contribution in [0.15, 0.2) is 18.3 Å². The molecule has 1 rings (SSSR count). The van der Waals surface area contributed by atoms with Crippen LogP contribution in [0.2, 0.25) is 0 Å². The summed E-state index contributed by atoms with van der Waals surface area (Å²) in [6.45, 7) is 2.21. The second-order valence-electron chi connectivity index (χ2n) is 4.65. The molecule has 3 N–H and O–H groups in total. The van der Waals surface area contributed by atoms with E-state index in [9.17, 15) is 4.39 Å². The van der Waals surface area contributed by atoms with Gasteiger partial charge in [-0.3, -0.25) is 16.3 Å². The average Bonchev–Trinajstić information content (AvgIpc) is 2.39. The molecule has 0 bridgehead atoms. The third kappa shape index (κ3) is 5.10. The highest BCUT2D eigenvalue weighted by molar-refractivity contribution is 5.11. The van der Waals surface area contributed by atoms with Crippen molar-refractivity contribution in [3.05, 3.63) is 29.8 Å². The van der Waals surface area contributed by atoms with Crippen LogP contribution < -0.4 is 11.3 Å². The van der Waals surface area contributed by atoms with Crippen LogP contribution in [0, 0.1) is 5.82 Å². The zero-order valence-electron chi connectivity index (χ0n) is 11.2. The molecule has 0 amide bonds. The van der Waals surface area contributed by atoms with Crippen LogP contribution >= 0.6 is 0 Å². The molecule has 1 aromatic rings. The van der Waals surface area contributed by atoms with E-state index in [4.69, 9.17) is 5.84 Å².